The van der Waals surface area contributed by atoms with E-state index in [4.69, 9.17) is 14.3 Å². The molecule has 4 nitrogen and oxygen atoms in total. The summed E-state index contributed by atoms with van der Waals surface area (Å²) in [5.41, 5.74) is 15.1. The van der Waals surface area contributed by atoms with E-state index in [-0.39, 0.29) is 0 Å². The van der Waals surface area contributed by atoms with Crippen LogP contribution in [0.25, 0.3) is 78.1 Å². The Morgan fingerprint density at radius 1 is 0.368 bits per heavy atom. The molecule has 0 unspecified atom stereocenters. The molecule has 0 N–H and O–H groups in total. The van der Waals surface area contributed by atoms with Crippen LogP contribution in [0.3, 0.4) is 0 Å². The van der Waals surface area contributed by atoms with E-state index in [0.29, 0.717) is 0 Å². The molecule has 9 rings (SSSR count). The van der Waals surface area contributed by atoms with Crippen LogP contribution in [0.15, 0.2) is 188 Å². The number of nitrogens with zero attached hydrogens (tertiary/aromatic N) is 2. The molecule has 1 aliphatic rings. The minimum Gasteiger partial charge on any atom is -0.399 e. The predicted octanol–water partition coefficient (Wildman–Crippen LogP) is 12.4. The van der Waals surface area contributed by atoms with Crippen LogP contribution in [0.1, 0.15) is 27.7 Å². The Morgan fingerprint density at radius 3 is 1.44 bits per heavy atom. The zero-order valence-electron chi connectivity index (χ0n) is 32.7. The fourth-order valence-corrected chi connectivity index (χ4v) is 7.68. The number of hydrogen-bond donors (Lipinski definition) is 0. The van der Waals surface area contributed by atoms with Gasteiger partial charge >= 0.3 is 7.12 Å². The van der Waals surface area contributed by atoms with Gasteiger partial charge in [-0.3, -0.25) is 9.97 Å². The second-order valence-electron chi connectivity index (χ2n) is 15.7. The molecule has 0 bridgehead atoms. The van der Waals surface area contributed by atoms with Crippen LogP contribution < -0.4 is 5.46 Å². The van der Waals surface area contributed by atoms with Gasteiger partial charge in [0.1, 0.15) is 0 Å². The van der Waals surface area contributed by atoms with Crippen molar-refractivity contribution in [2.24, 2.45) is 0 Å². The van der Waals surface area contributed by atoms with Gasteiger partial charge in [0.15, 0.2) is 0 Å². The van der Waals surface area contributed by atoms with Crippen molar-refractivity contribution in [3.05, 3.63) is 188 Å². The van der Waals surface area contributed by atoms with Crippen LogP contribution >= 0.6 is 0 Å². The topological polar surface area (TPSA) is 44.2 Å². The van der Waals surface area contributed by atoms with Crippen LogP contribution in [-0.4, -0.2) is 28.3 Å². The number of aromatic nitrogens is 2. The van der Waals surface area contributed by atoms with Crippen molar-refractivity contribution in [1.29, 1.82) is 0 Å². The maximum atomic E-state index is 6.71. The van der Waals surface area contributed by atoms with Crippen molar-refractivity contribution in [1.82, 2.24) is 9.97 Å². The monoisotopic (exact) mass is 738 g/mol. The van der Waals surface area contributed by atoms with Crippen LogP contribution in [0.2, 0.25) is 0 Å². The van der Waals surface area contributed by atoms with E-state index < -0.39 is 18.3 Å². The van der Waals surface area contributed by atoms with Gasteiger partial charge in [-0.15, -0.1) is 0 Å². The highest BCUT2D eigenvalue weighted by molar-refractivity contribution is 6.62. The third-order valence-electron chi connectivity index (χ3n) is 11.5. The summed E-state index contributed by atoms with van der Waals surface area (Å²) in [5.74, 6) is 0. The first kappa shape index (κ1) is 36.3. The second kappa shape index (κ2) is 14.9. The molecule has 1 saturated heterocycles. The average Bonchev–Trinajstić information content (AvgIpc) is 3.49. The summed E-state index contributed by atoms with van der Waals surface area (Å²) in [6.07, 6.45) is 3.87. The maximum absolute atomic E-state index is 6.71. The normalized spacial score (nSPS) is 14.4. The van der Waals surface area contributed by atoms with Crippen molar-refractivity contribution in [3.63, 3.8) is 0 Å². The van der Waals surface area contributed by atoms with Crippen molar-refractivity contribution < 1.29 is 9.31 Å². The molecule has 276 valence electrons. The van der Waals surface area contributed by atoms with Gasteiger partial charge in [-0.2, -0.15) is 0 Å². The lowest BCUT2D eigenvalue weighted by atomic mass is 9.75. The number of rotatable bonds is 8. The van der Waals surface area contributed by atoms with Crippen LogP contribution in [0.4, 0.5) is 0 Å². The van der Waals surface area contributed by atoms with Gasteiger partial charge in [0.05, 0.1) is 22.6 Å². The summed E-state index contributed by atoms with van der Waals surface area (Å²) in [7, 11) is -0.544. The number of hydrogen-bond acceptors (Lipinski definition) is 4. The quantitative estimate of drug-likeness (QED) is 0.146. The average molecular weight is 739 g/mol. The molecule has 0 spiro atoms. The standard InChI is InChI=1S/C52H43BN2O2/c1-51(2)52(3,4)57-53(56-51)42-32-40(44-22-12-11-21-43(44)37-26-28-39(29-27-37)49-25-15-16-30-54-49)31-41(33-42)45-23-13-14-24-46(45)48-35-55-50(38-19-9-6-10-20-38)34-47(48)36-17-7-5-8-18-36/h5-35H,1-4H3. The Kier molecular flexibility index (Phi) is 9.49. The summed E-state index contributed by atoms with van der Waals surface area (Å²) in [6, 6.07) is 61.9. The second-order valence-corrected chi connectivity index (χ2v) is 15.7. The Bertz CT molecular complexity index is 2660. The van der Waals surface area contributed by atoms with Gasteiger partial charge in [-0.05, 0) is 107 Å². The van der Waals surface area contributed by atoms with E-state index in [1.54, 1.807) is 0 Å². The molecular weight excluding hydrogens is 695 g/mol. The molecule has 0 atom stereocenters. The van der Waals surface area contributed by atoms with Gasteiger partial charge < -0.3 is 9.31 Å². The van der Waals surface area contributed by atoms with Crippen LogP contribution in [-0.2, 0) is 9.31 Å². The fourth-order valence-electron chi connectivity index (χ4n) is 7.68. The van der Waals surface area contributed by atoms with E-state index in [2.05, 4.69) is 184 Å². The lowest BCUT2D eigenvalue weighted by molar-refractivity contribution is 0.00578. The molecular formula is C52H43BN2O2. The summed E-state index contributed by atoms with van der Waals surface area (Å²) in [4.78, 5) is 9.62. The largest absolute Gasteiger partial charge is 0.494 e. The van der Waals surface area contributed by atoms with E-state index in [0.717, 1.165) is 83.6 Å². The lowest BCUT2D eigenvalue weighted by Crippen LogP contribution is -2.41. The van der Waals surface area contributed by atoms with E-state index in [1.165, 1.54) is 0 Å². The molecule has 1 aliphatic heterocycles. The fraction of sp³-hybridized carbons (Fsp3) is 0.115. The molecule has 6 aromatic carbocycles. The minimum atomic E-state index is -0.544. The van der Waals surface area contributed by atoms with Gasteiger partial charge in [-0.25, -0.2) is 0 Å². The smallest absolute Gasteiger partial charge is 0.399 e. The van der Waals surface area contributed by atoms with E-state index in [1.807, 2.05) is 36.7 Å². The zero-order valence-corrected chi connectivity index (χ0v) is 32.7. The van der Waals surface area contributed by atoms with Crippen molar-refractivity contribution in [2.45, 2.75) is 38.9 Å². The Hall–Kier alpha value is -6.40. The first-order valence-electron chi connectivity index (χ1n) is 19.6. The highest BCUT2D eigenvalue weighted by Gasteiger charge is 2.51. The van der Waals surface area contributed by atoms with Crippen LogP contribution in [0, 0.1) is 0 Å². The van der Waals surface area contributed by atoms with Gasteiger partial charge in [-0.1, -0.05) is 152 Å². The molecule has 0 aliphatic carbocycles. The Morgan fingerprint density at radius 2 is 0.842 bits per heavy atom. The minimum absolute atomic E-state index is 0.490. The summed E-state index contributed by atoms with van der Waals surface area (Å²) >= 11 is 0. The molecule has 5 heteroatoms. The lowest BCUT2D eigenvalue weighted by Gasteiger charge is -2.32. The Balaban J connectivity index is 1.21. The molecule has 57 heavy (non-hydrogen) atoms. The zero-order chi connectivity index (χ0) is 39.0. The summed E-state index contributed by atoms with van der Waals surface area (Å²) in [6.45, 7) is 8.42. The SMILES string of the molecule is CC1(C)OB(c2cc(-c3ccccc3-c3ccc(-c4ccccn4)cc3)cc(-c3ccccc3-c3cnc(-c4ccccc4)cc3-c3ccccc3)c2)OC1(C)C. The van der Waals surface area contributed by atoms with E-state index >= 15 is 0 Å². The molecule has 1 fully saturated rings. The van der Waals surface area contributed by atoms with E-state index in [9.17, 15) is 0 Å². The molecule has 0 radical (unpaired) electrons. The third-order valence-corrected chi connectivity index (χ3v) is 11.5. The number of benzene rings is 6. The number of pyridine rings is 2. The highest BCUT2D eigenvalue weighted by atomic mass is 16.7. The predicted molar refractivity (Wildman–Crippen MR) is 236 cm³/mol. The van der Waals surface area contributed by atoms with Gasteiger partial charge in [0.2, 0.25) is 0 Å². The van der Waals surface area contributed by atoms with Gasteiger partial charge in [0, 0.05) is 29.1 Å². The third kappa shape index (κ3) is 7.13. The molecule has 0 amide bonds. The highest BCUT2D eigenvalue weighted by Crippen LogP contribution is 2.42. The molecule has 8 aromatic rings. The summed E-state index contributed by atoms with van der Waals surface area (Å²) < 4.78 is 13.4. The Labute approximate surface area is 336 Å². The van der Waals surface area contributed by atoms with Gasteiger partial charge in [0.25, 0.3) is 0 Å². The van der Waals surface area contributed by atoms with Crippen LogP contribution in [0.5, 0.6) is 0 Å². The first-order chi connectivity index (χ1) is 27.7. The maximum Gasteiger partial charge on any atom is 0.494 e. The molecule has 3 heterocycles. The summed E-state index contributed by atoms with van der Waals surface area (Å²) in [5, 5.41) is 0. The van der Waals surface area contributed by atoms with Crippen molar-refractivity contribution in [3.8, 4) is 78.1 Å². The first-order valence-corrected chi connectivity index (χ1v) is 19.6. The molecule has 0 saturated carbocycles. The molecule has 2 aromatic heterocycles. The van der Waals surface area contributed by atoms with Crippen molar-refractivity contribution in [2.75, 3.05) is 0 Å². The van der Waals surface area contributed by atoms with Crippen molar-refractivity contribution >= 4 is 12.6 Å².